The molecule has 0 bridgehead atoms. The number of alkyl halides is 5. The van der Waals surface area contributed by atoms with Crippen molar-refractivity contribution >= 4 is 10.8 Å². The van der Waals surface area contributed by atoms with Crippen LogP contribution >= 0.6 is 0 Å². The summed E-state index contributed by atoms with van der Waals surface area (Å²) < 4.78 is 74.7. The van der Waals surface area contributed by atoms with Gasteiger partial charge in [-0.2, -0.15) is 22.0 Å². The van der Waals surface area contributed by atoms with Gasteiger partial charge in [0.05, 0.1) is 6.10 Å². The summed E-state index contributed by atoms with van der Waals surface area (Å²) in [4.78, 5) is 0. The number of unbranched alkanes of at least 4 members (excludes halogenated alkanes) is 5. The summed E-state index contributed by atoms with van der Waals surface area (Å²) in [6.07, 6.45) is 2.97. The smallest absolute Gasteiger partial charge is 0.453 e. The Morgan fingerprint density at radius 2 is 1.68 bits per heavy atom. The van der Waals surface area contributed by atoms with Crippen molar-refractivity contribution in [3.8, 4) is 5.75 Å². The van der Waals surface area contributed by atoms with Crippen molar-refractivity contribution in [3.05, 3.63) is 41.5 Å². The fraction of sp³-hybridized carbons (Fsp3) is 0.750. The highest BCUT2D eigenvalue weighted by Crippen LogP contribution is 2.64. The predicted octanol–water partition coefficient (Wildman–Crippen LogP) is 8.46. The molecule has 0 amide bonds. The molecule has 2 fully saturated rings. The molecule has 0 aromatic heterocycles. The first-order chi connectivity index (χ1) is 19.2. The van der Waals surface area contributed by atoms with E-state index < -0.39 is 41.8 Å². The molecular weight excluding hydrogens is 559 g/mol. The van der Waals surface area contributed by atoms with Crippen LogP contribution in [0.15, 0.2) is 30.4 Å². The number of benzene rings is 1. The second-order valence-corrected chi connectivity index (χ2v) is 14.6. The lowest BCUT2D eigenvalue weighted by atomic mass is 9.52. The van der Waals surface area contributed by atoms with Gasteiger partial charge in [-0.1, -0.05) is 51.7 Å². The fourth-order valence-electron chi connectivity index (χ4n) is 8.06. The number of hydrogen-bond acceptors (Lipinski definition) is 3. The van der Waals surface area contributed by atoms with E-state index in [-0.39, 0.29) is 11.2 Å². The molecule has 0 spiro atoms. The van der Waals surface area contributed by atoms with Gasteiger partial charge in [0, 0.05) is 28.7 Å². The summed E-state index contributed by atoms with van der Waals surface area (Å²) in [6, 6.07) is 5.83. The van der Waals surface area contributed by atoms with Crippen molar-refractivity contribution in [2.24, 2.45) is 23.2 Å². The summed E-state index contributed by atoms with van der Waals surface area (Å²) in [5.74, 6) is -2.35. The van der Waals surface area contributed by atoms with Crippen LogP contribution in [0.1, 0.15) is 101 Å². The number of phenolic OH excluding ortho intramolecular Hbond substituents is 1. The molecule has 0 aliphatic heterocycles. The number of aliphatic hydroxyl groups is 1. The fourth-order valence-corrected chi connectivity index (χ4v) is 9.25. The average Bonchev–Trinajstić information content (AvgIpc) is 3.12. The van der Waals surface area contributed by atoms with Crippen LogP contribution in [0.4, 0.5) is 22.0 Å². The summed E-state index contributed by atoms with van der Waals surface area (Å²) in [7, 11) is -1.37. The topological polar surface area (TPSA) is 57.5 Å². The van der Waals surface area contributed by atoms with Gasteiger partial charge >= 0.3 is 12.1 Å². The molecule has 5 unspecified atom stereocenters. The Kier molecular flexibility index (Phi) is 10.3. The van der Waals surface area contributed by atoms with Gasteiger partial charge in [-0.3, -0.25) is 4.21 Å². The van der Waals surface area contributed by atoms with Crippen LogP contribution in [0, 0.1) is 23.2 Å². The molecular formula is C32H45F5O3S. The van der Waals surface area contributed by atoms with Crippen LogP contribution < -0.4 is 0 Å². The second kappa shape index (κ2) is 13.0. The van der Waals surface area contributed by atoms with Gasteiger partial charge in [0.25, 0.3) is 0 Å². The van der Waals surface area contributed by atoms with Crippen LogP contribution in [0.5, 0.6) is 5.75 Å². The molecule has 3 nitrogen and oxygen atoms in total. The third kappa shape index (κ3) is 7.19. The summed E-state index contributed by atoms with van der Waals surface area (Å²) in [5, 5.41) is 20.9. The first-order valence-electron chi connectivity index (χ1n) is 15.2. The monoisotopic (exact) mass is 604 g/mol. The summed E-state index contributed by atoms with van der Waals surface area (Å²) >= 11 is 0. The van der Waals surface area contributed by atoms with E-state index in [0.717, 1.165) is 69.8 Å². The Balaban J connectivity index is 1.21. The lowest BCUT2D eigenvalue weighted by molar-refractivity contribution is -0.284. The molecule has 7 atom stereocenters. The maximum Gasteiger partial charge on any atom is 0.453 e. The zero-order chi connectivity index (χ0) is 30.0. The molecule has 3 aliphatic rings. The number of rotatable bonds is 13. The summed E-state index contributed by atoms with van der Waals surface area (Å²) in [6.45, 7) is 6.58. The van der Waals surface area contributed by atoms with Gasteiger partial charge in [-0.05, 0) is 103 Å². The number of hydrogen-bond donors (Lipinski definition) is 2. The zero-order valence-corrected chi connectivity index (χ0v) is 24.8. The van der Waals surface area contributed by atoms with E-state index in [2.05, 4.69) is 19.6 Å². The molecule has 3 aliphatic carbocycles. The van der Waals surface area contributed by atoms with Crippen molar-refractivity contribution in [1.82, 2.24) is 0 Å². The van der Waals surface area contributed by atoms with Crippen LogP contribution in [0.2, 0.25) is 0 Å². The summed E-state index contributed by atoms with van der Waals surface area (Å²) in [5.41, 5.74) is 3.60. The molecule has 1 aromatic carbocycles. The van der Waals surface area contributed by atoms with Crippen LogP contribution in [0.25, 0.3) is 0 Å². The maximum atomic E-state index is 13.0. The molecule has 9 heteroatoms. The van der Waals surface area contributed by atoms with Crippen molar-refractivity contribution in [1.29, 1.82) is 0 Å². The highest BCUT2D eigenvalue weighted by atomic mass is 32.2. The van der Waals surface area contributed by atoms with E-state index in [9.17, 15) is 36.4 Å². The van der Waals surface area contributed by atoms with Gasteiger partial charge in [0.2, 0.25) is 0 Å². The number of aliphatic hydroxyl groups excluding tert-OH is 1. The first-order valence-corrected chi connectivity index (χ1v) is 16.7. The normalized spacial score (nSPS) is 30.5. The standard InChI is InChI=1S/C32H45F5O3S/c1-21-28(39)20-27-29-22(18-23-19-24(38)11-12-25(23)26(29)13-15-30(21,27)2)10-7-5-3-4-6-8-16-41(40)17-9-14-31(33,34)32(35,36)37/h11-12,19,22,26-29,38-39H,1,3-10,13-18,20H2,2H3/t22?,26?,27?,28-,29?,30-,41?/m1/s1. The highest BCUT2D eigenvalue weighted by Gasteiger charge is 2.57. The second-order valence-electron chi connectivity index (χ2n) is 12.9. The molecule has 4 rings (SSSR count). The Morgan fingerprint density at radius 1 is 1.02 bits per heavy atom. The van der Waals surface area contributed by atoms with Crippen molar-refractivity contribution < 1.29 is 36.4 Å². The minimum absolute atomic E-state index is 0.0213. The zero-order valence-electron chi connectivity index (χ0n) is 24.0. The molecule has 2 saturated carbocycles. The van der Waals surface area contributed by atoms with E-state index in [4.69, 9.17) is 0 Å². The molecule has 41 heavy (non-hydrogen) atoms. The average molecular weight is 605 g/mol. The third-order valence-corrected chi connectivity index (χ3v) is 11.9. The van der Waals surface area contributed by atoms with Gasteiger partial charge in [-0.25, -0.2) is 0 Å². The van der Waals surface area contributed by atoms with Crippen LogP contribution in [0.3, 0.4) is 0 Å². The van der Waals surface area contributed by atoms with E-state index in [1.165, 1.54) is 11.1 Å². The molecule has 2 N–H and O–H groups in total. The van der Waals surface area contributed by atoms with Gasteiger partial charge in [0.1, 0.15) is 5.75 Å². The lowest BCUT2D eigenvalue weighted by Crippen LogP contribution is -2.44. The number of halogens is 5. The minimum Gasteiger partial charge on any atom is -0.508 e. The van der Waals surface area contributed by atoms with Crippen LogP contribution in [-0.2, 0) is 17.2 Å². The predicted molar refractivity (Wildman–Crippen MR) is 153 cm³/mol. The van der Waals surface area contributed by atoms with Gasteiger partial charge in [-0.15, -0.1) is 0 Å². The largest absolute Gasteiger partial charge is 0.508 e. The van der Waals surface area contributed by atoms with E-state index in [1.54, 1.807) is 6.07 Å². The molecule has 0 heterocycles. The molecule has 0 radical (unpaired) electrons. The molecule has 1 aromatic rings. The third-order valence-electron chi connectivity index (χ3n) is 10.4. The number of phenols is 1. The number of aromatic hydroxyl groups is 1. The quantitative estimate of drug-likeness (QED) is 0.135. The molecule has 232 valence electrons. The SMILES string of the molecule is C=C1[C@H](O)CC2C3C(CCCCCCCCS(=O)CCCC(F)(F)C(F)(F)F)Cc4cc(O)ccc4C3CC[C@]12C. The Bertz CT molecular complexity index is 1090. The Morgan fingerprint density at radius 3 is 2.39 bits per heavy atom. The van der Waals surface area contributed by atoms with E-state index >= 15 is 0 Å². The van der Waals surface area contributed by atoms with Gasteiger partial charge < -0.3 is 10.2 Å². The van der Waals surface area contributed by atoms with E-state index in [0.29, 0.717) is 41.6 Å². The van der Waals surface area contributed by atoms with Gasteiger partial charge in [0.15, 0.2) is 0 Å². The van der Waals surface area contributed by atoms with Crippen molar-refractivity contribution in [2.75, 3.05) is 11.5 Å². The Hall–Kier alpha value is -1.48. The minimum atomic E-state index is -5.55. The van der Waals surface area contributed by atoms with E-state index in [1.807, 2.05) is 6.07 Å². The number of fused-ring (bicyclic) bond motifs is 5. The highest BCUT2D eigenvalue weighted by molar-refractivity contribution is 7.84. The van der Waals surface area contributed by atoms with Crippen molar-refractivity contribution in [3.63, 3.8) is 0 Å². The lowest BCUT2D eigenvalue weighted by Gasteiger charge is -2.52. The van der Waals surface area contributed by atoms with Crippen molar-refractivity contribution in [2.45, 2.75) is 115 Å². The Labute approximate surface area is 243 Å². The van der Waals surface area contributed by atoms with Crippen LogP contribution in [-0.4, -0.2) is 44.1 Å². The maximum absolute atomic E-state index is 13.0. The molecule has 0 saturated heterocycles. The first kappa shape index (κ1) is 32.4.